The lowest BCUT2D eigenvalue weighted by molar-refractivity contribution is -0.140. The second-order valence-electron chi connectivity index (χ2n) is 3.75. The van der Waals surface area contributed by atoms with Gasteiger partial charge in [0.15, 0.2) is 0 Å². The van der Waals surface area contributed by atoms with Gasteiger partial charge in [-0.05, 0) is 6.42 Å². The molecule has 0 aliphatic rings. The van der Waals surface area contributed by atoms with Crippen molar-refractivity contribution >= 4 is 5.97 Å². The third kappa shape index (κ3) is 24.7. The van der Waals surface area contributed by atoms with Crippen molar-refractivity contribution in [1.82, 2.24) is 0 Å². The first-order valence-electron chi connectivity index (χ1n) is 6.32. The van der Waals surface area contributed by atoms with Crippen LogP contribution in [-0.4, -0.2) is 12.6 Å². The van der Waals surface area contributed by atoms with Gasteiger partial charge in [0.2, 0.25) is 0 Å². The number of hydrogen-bond acceptors (Lipinski definition) is 2. The van der Waals surface area contributed by atoms with Gasteiger partial charge in [-0.15, -0.1) is 0 Å². The molecule has 0 aliphatic heterocycles. The van der Waals surface area contributed by atoms with Gasteiger partial charge in [-0.2, -0.15) is 0 Å². The number of hydrogen-bond donors (Lipinski definition) is 0. The predicted molar refractivity (Wildman–Crippen MR) is 66.0 cm³/mol. The molecule has 0 spiro atoms. The Kier molecular flexibility index (Phi) is 17.9. The number of ether oxygens (including phenoxy) is 1. The van der Waals surface area contributed by atoms with Gasteiger partial charge >= 0.3 is 5.97 Å². The van der Waals surface area contributed by atoms with Crippen molar-refractivity contribution in [3.05, 3.63) is 0 Å². The maximum Gasteiger partial charge on any atom is 0.302 e. The van der Waals surface area contributed by atoms with E-state index in [4.69, 9.17) is 0 Å². The molecule has 0 heterocycles. The first-order valence-corrected chi connectivity index (χ1v) is 6.32. The zero-order chi connectivity index (χ0) is 11.9. The summed E-state index contributed by atoms with van der Waals surface area (Å²) in [7, 11) is 0. The fourth-order valence-corrected chi connectivity index (χ4v) is 1.10. The average molecular weight is 216 g/mol. The molecule has 0 atom stereocenters. The summed E-state index contributed by atoms with van der Waals surface area (Å²) < 4.78 is 4.55. The van der Waals surface area contributed by atoms with Crippen LogP contribution in [0.2, 0.25) is 0 Å². The van der Waals surface area contributed by atoms with E-state index in [-0.39, 0.29) is 5.97 Å². The standard InChI is InChI=1S/C8H18.C5H10O2/c1-3-5-7-8-6-4-2;1-3-4-7-5(2)6/h3-8H2,1-2H3;3-4H2,1-2H3. The molecule has 2 nitrogen and oxygen atoms in total. The van der Waals surface area contributed by atoms with E-state index in [0.717, 1.165) is 6.42 Å². The molecule has 0 amide bonds. The minimum atomic E-state index is -0.193. The first kappa shape index (κ1) is 16.9. The van der Waals surface area contributed by atoms with Gasteiger partial charge in [0.1, 0.15) is 0 Å². The van der Waals surface area contributed by atoms with Crippen LogP contribution >= 0.6 is 0 Å². The minimum absolute atomic E-state index is 0.193. The lowest BCUT2D eigenvalue weighted by atomic mass is 10.1. The van der Waals surface area contributed by atoms with Crippen molar-refractivity contribution in [3.8, 4) is 0 Å². The Morgan fingerprint density at radius 3 is 1.53 bits per heavy atom. The number of carbonyl (C=O) groups is 1. The number of esters is 1. The summed E-state index contributed by atoms with van der Waals surface area (Å²) in [5, 5.41) is 0. The van der Waals surface area contributed by atoms with Gasteiger partial charge in [-0.25, -0.2) is 0 Å². The van der Waals surface area contributed by atoms with Crippen LogP contribution in [-0.2, 0) is 9.53 Å². The summed E-state index contributed by atoms with van der Waals surface area (Å²) in [5.41, 5.74) is 0. The van der Waals surface area contributed by atoms with Gasteiger partial charge < -0.3 is 4.74 Å². The van der Waals surface area contributed by atoms with Crippen molar-refractivity contribution in [2.45, 2.75) is 72.6 Å². The number of unbranched alkanes of at least 4 members (excludes halogenated alkanes) is 5. The molecule has 0 rings (SSSR count). The molecule has 0 aromatic carbocycles. The molecule has 0 aromatic rings. The lowest BCUT2D eigenvalue weighted by Gasteiger charge is -1.93. The number of rotatable bonds is 7. The molecule has 0 N–H and O–H groups in total. The van der Waals surface area contributed by atoms with Crippen LogP contribution in [0.5, 0.6) is 0 Å². The topological polar surface area (TPSA) is 26.3 Å². The molecule has 0 unspecified atom stereocenters. The summed E-state index contributed by atoms with van der Waals surface area (Å²) in [6.07, 6.45) is 9.39. The summed E-state index contributed by atoms with van der Waals surface area (Å²) >= 11 is 0. The maximum atomic E-state index is 9.98. The van der Waals surface area contributed by atoms with E-state index in [1.165, 1.54) is 45.4 Å². The van der Waals surface area contributed by atoms with Gasteiger partial charge in [-0.1, -0.05) is 59.3 Å². The largest absolute Gasteiger partial charge is 0.466 e. The monoisotopic (exact) mass is 216 g/mol. The Morgan fingerprint density at radius 2 is 1.33 bits per heavy atom. The highest BCUT2D eigenvalue weighted by molar-refractivity contribution is 5.65. The van der Waals surface area contributed by atoms with Gasteiger partial charge in [0, 0.05) is 6.92 Å². The van der Waals surface area contributed by atoms with Crippen molar-refractivity contribution < 1.29 is 9.53 Å². The van der Waals surface area contributed by atoms with Crippen molar-refractivity contribution in [1.29, 1.82) is 0 Å². The van der Waals surface area contributed by atoms with Gasteiger partial charge in [-0.3, -0.25) is 4.79 Å². The average Bonchev–Trinajstić information content (AvgIpc) is 2.22. The summed E-state index contributed by atoms with van der Waals surface area (Å²) in [6.45, 7) is 8.44. The van der Waals surface area contributed by atoms with Crippen LogP contribution in [0.25, 0.3) is 0 Å². The lowest BCUT2D eigenvalue weighted by Crippen LogP contribution is -1.98. The Morgan fingerprint density at radius 1 is 0.867 bits per heavy atom. The first-order chi connectivity index (χ1) is 7.18. The third-order valence-electron chi connectivity index (χ3n) is 1.97. The van der Waals surface area contributed by atoms with Crippen molar-refractivity contribution in [2.24, 2.45) is 0 Å². The molecule has 0 bridgehead atoms. The van der Waals surface area contributed by atoms with Crippen LogP contribution in [0.1, 0.15) is 72.6 Å². The highest BCUT2D eigenvalue weighted by atomic mass is 16.5. The molecule has 0 aliphatic carbocycles. The van der Waals surface area contributed by atoms with E-state index in [1.807, 2.05) is 6.92 Å². The molecule has 0 saturated heterocycles. The summed E-state index contributed by atoms with van der Waals surface area (Å²) in [5.74, 6) is -0.193. The van der Waals surface area contributed by atoms with E-state index in [1.54, 1.807) is 0 Å². The molecule has 0 aromatic heterocycles. The number of carbonyl (C=O) groups excluding carboxylic acids is 1. The fourth-order valence-electron chi connectivity index (χ4n) is 1.10. The zero-order valence-electron chi connectivity index (χ0n) is 11.0. The fraction of sp³-hybridized carbons (Fsp3) is 0.923. The van der Waals surface area contributed by atoms with Gasteiger partial charge in [0.05, 0.1) is 6.61 Å². The van der Waals surface area contributed by atoms with Crippen LogP contribution < -0.4 is 0 Å². The van der Waals surface area contributed by atoms with E-state index in [9.17, 15) is 4.79 Å². The Hall–Kier alpha value is -0.530. The third-order valence-corrected chi connectivity index (χ3v) is 1.97. The molecule has 92 valence electrons. The second kappa shape index (κ2) is 15.9. The molecule has 2 heteroatoms. The van der Waals surface area contributed by atoms with E-state index >= 15 is 0 Å². The van der Waals surface area contributed by atoms with E-state index < -0.39 is 0 Å². The molecule has 0 radical (unpaired) electrons. The smallest absolute Gasteiger partial charge is 0.302 e. The highest BCUT2D eigenvalue weighted by Crippen LogP contribution is 2.03. The predicted octanol–water partition coefficient (Wildman–Crippen LogP) is 4.33. The Balaban J connectivity index is 0. The molecular formula is C13H28O2. The second-order valence-corrected chi connectivity index (χ2v) is 3.75. The highest BCUT2D eigenvalue weighted by Gasteiger charge is 1.85. The quantitative estimate of drug-likeness (QED) is 0.468. The maximum absolute atomic E-state index is 9.98. The summed E-state index contributed by atoms with van der Waals surface area (Å²) in [4.78, 5) is 9.98. The van der Waals surface area contributed by atoms with E-state index in [2.05, 4.69) is 18.6 Å². The van der Waals surface area contributed by atoms with Gasteiger partial charge in [0.25, 0.3) is 0 Å². The Labute approximate surface area is 95.4 Å². The SMILES string of the molecule is CCCCCCCC.CCCOC(C)=O. The normalized spacial score (nSPS) is 9.07. The van der Waals surface area contributed by atoms with Crippen LogP contribution in [0.4, 0.5) is 0 Å². The van der Waals surface area contributed by atoms with Crippen LogP contribution in [0.3, 0.4) is 0 Å². The molecule has 15 heavy (non-hydrogen) atoms. The molecule has 0 saturated carbocycles. The zero-order valence-corrected chi connectivity index (χ0v) is 11.0. The van der Waals surface area contributed by atoms with Crippen molar-refractivity contribution in [2.75, 3.05) is 6.61 Å². The van der Waals surface area contributed by atoms with Crippen molar-refractivity contribution in [3.63, 3.8) is 0 Å². The van der Waals surface area contributed by atoms with E-state index in [0.29, 0.717) is 6.61 Å². The molecular weight excluding hydrogens is 188 g/mol. The molecule has 0 fully saturated rings. The van der Waals surface area contributed by atoms with Crippen LogP contribution in [0, 0.1) is 0 Å². The minimum Gasteiger partial charge on any atom is -0.466 e. The Bertz CT molecular complexity index is 116. The van der Waals surface area contributed by atoms with Crippen LogP contribution in [0.15, 0.2) is 0 Å². The summed E-state index contributed by atoms with van der Waals surface area (Å²) in [6, 6.07) is 0.